The van der Waals surface area contributed by atoms with Gasteiger partial charge in [-0.1, -0.05) is 19.9 Å². The van der Waals surface area contributed by atoms with Gasteiger partial charge in [0, 0.05) is 25.0 Å². The zero-order chi connectivity index (χ0) is 16.7. The van der Waals surface area contributed by atoms with Crippen LogP contribution in [0.3, 0.4) is 0 Å². The molecule has 5 nitrogen and oxygen atoms in total. The van der Waals surface area contributed by atoms with Crippen molar-refractivity contribution in [3.8, 4) is 11.5 Å². The van der Waals surface area contributed by atoms with E-state index in [9.17, 15) is 0 Å². The minimum Gasteiger partial charge on any atom is -0.493 e. The number of hydrogen-bond donors (Lipinski definition) is 2. The number of rotatable bonds is 7. The number of methoxy groups -OCH3 is 2. The highest BCUT2D eigenvalue weighted by atomic mass is 127. The summed E-state index contributed by atoms with van der Waals surface area (Å²) in [6.07, 6.45) is 3.19. The zero-order valence-electron chi connectivity index (χ0n) is 15.1. The average molecular weight is 447 g/mol. The second-order valence-corrected chi connectivity index (χ2v) is 5.92. The summed E-state index contributed by atoms with van der Waals surface area (Å²) < 4.78 is 10.8. The molecule has 0 saturated carbocycles. The van der Waals surface area contributed by atoms with E-state index in [1.165, 1.54) is 5.56 Å². The van der Waals surface area contributed by atoms with E-state index in [0.29, 0.717) is 0 Å². The monoisotopic (exact) mass is 447 g/mol. The van der Waals surface area contributed by atoms with Gasteiger partial charge in [0.2, 0.25) is 0 Å². The van der Waals surface area contributed by atoms with Crippen molar-refractivity contribution in [2.24, 2.45) is 4.99 Å². The third-order valence-corrected chi connectivity index (χ3v) is 4.84. The maximum atomic E-state index is 5.47. The Morgan fingerprint density at radius 2 is 1.88 bits per heavy atom. The van der Waals surface area contributed by atoms with Crippen molar-refractivity contribution in [3.63, 3.8) is 0 Å². The van der Waals surface area contributed by atoms with Crippen LogP contribution in [0.1, 0.15) is 38.7 Å². The fourth-order valence-electron chi connectivity index (χ4n) is 3.08. The summed E-state index contributed by atoms with van der Waals surface area (Å²) in [5, 5.41) is 6.82. The number of benzene rings is 1. The second-order valence-electron chi connectivity index (χ2n) is 5.92. The summed E-state index contributed by atoms with van der Waals surface area (Å²) in [4.78, 5) is 4.51. The Balaban J connectivity index is 0.00000288. The molecular weight excluding hydrogens is 417 g/mol. The molecular formula is C18H30IN3O2. The summed E-state index contributed by atoms with van der Waals surface area (Å²) in [6.45, 7) is 7.21. The molecule has 0 bridgehead atoms. The van der Waals surface area contributed by atoms with Crippen LogP contribution in [0.15, 0.2) is 23.2 Å². The maximum Gasteiger partial charge on any atom is 0.191 e. The van der Waals surface area contributed by atoms with Crippen LogP contribution in [-0.4, -0.2) is 39.8 Å². The second kappa shape index (κ2) is 9.96. The van der Waals surface area contributed by atoms with Gasteiger partial charge in [-0.15, -0.1) is 24.0 Å². The van der Waals surface area contributed by atoms with Crippen LogP contribution in [-0.2, 0) is 5.41 Å². The molecule has 1 aliphatic heterocycles. The third-order valence-electron chi connectivity index (χ3n) is 4.84. The molecule has 0 atom stereocenters. The van der Waals surface area contributed by atoms with Crippen LogP contribution in [0, 0.1) is 0 Å². The van der Waals surface area contributed by atoms with Gasteiger partial charge in [0.05, 0.1) is 14.2 Å². The van der Waals surface area contributed by atoms with Gasteiger partial charge in [-0.25, -0.2) is 0 Å². The van der Waals surface area contributed by atoms with Gasteiger partial charge in [-0.2, -0.15) is 0 Å². The first-order valence-electron chi connectivity index (χ1n) is 8.43. The molecule has 2 rings (SSSR count). The fourth-order valence-corrected chi connectivity index (χ4v) is 3.08. The van der Waals surface area contributed by atoms with Gasteiger partial charge >= 0.3 is 0 Å². The SMILES string of the molecule is CCC(CC)(CNC1=NCCCN1)c1ccc(OC)c(OC)c1.I. The molecule has 0 aliphatic carbocycles. The van der Waals surface area contributed by atoms with Crippen LogP contribution in [0.25, 0.3) is 0 Å². The Bertz CT molecular complexity index is 545. The number of nitrogens with one attached hydrogen (secondary N) is 2. The van der Waals surface area contributed by atoms with Crippen molar-refractivity contribution < 1.29 is 9.47 Å². The highest BCUT2D eigenvalue weighted by Crippen LogP contribution is 2.37. The van der Waals surface area contributed by atoms with E-state index in [4.69, 9.17) is 9.47 Å². The lowest BCUT2D eigenvalue weighted by Crippen LogP contribution is -2.47. The standard InChI is InChI=1S/C18H29N3O2.HI/c1-5-18(6-2,13-21-17-19-10-7-11-20-17)14-8-9-15(22-3)16(12-14)23-4;/h8-9,12H,5-7,10-11,13H2,1-4H3,(H2,19,20,21);1H. The van der Waals surface area contributed by atoms with Crippen molar-refractivity contribution in [2.75, 3.05) is 33.9 Å². The van der Waals surface area contributed by atoms with Crippen LogP contribution in [0.5, 0.6) is 11.5 Å². The van der Waals surface area contributed by atoms with Crippen LogP contribution < -0.4 is 20.1 Å². The number of guanidine groups is 1. The topological polar surface area (TPSA) is 54.9 Å². The maximum absolute atomic E-state index is 5.47. The first kappa shape index (κ1) is 20.9. The van der Waals surface area contributed by atoms with Crippen molar-refractivity contribution >= 4 is 29.9 Å². The molecule has 0 aromatic heterocycles. The molecule has 0 amide bonds. The molecule has 24 heavy (non-hydrogen) atoms. The van der Waals surface area contributed by atoms with E-state index in [0.717, 1.165) is 56.4 Å². The molecule has 136 valence electrons. The van der Waals surface area contributed by atoms with Gasteiger partial charge in [-0.05, 0) is 37.0 Å². The van der Waals surface area contributed by atoms with Crippen molar-refractivity contribution in [1.29, 1.82) is 0 Å². The van der Waals surface area contributed by atoms with Gasteiger partial charge in [0.25, 0.3) is 0 Å². The molecule has 0 radical (unpaired) electrons. The Hall–Kier alpha value is -1.18. The fraction of sp³-hybridized carbons (Fsp3) is 0.611. The molecule has 1 aromatic rings. The third kappa shape index (κ3) is 4.68. The molecule has 0 unspecified atom stereocenters. The summed E-state index contributed by atoms with van der Waals surface area (Å²) in [6, 6.07) is 6.24. The van der Waals surface area contributed by atoms with Gasteiger partial charge in [0.1, 0.15) is 0 Å². The lowest BCUT2D eigenvalue weighted by Gasteiger charge is -2.34. The minimum absolute atomic E-state index is 0. The highest BCUT2D eigenvalue weighted by molar-refractivity contribution is 14.0. The Morgan fingerprint density at radius 3 is 2.42 bits per heavy atom. The molecule has 1 heterocycles. The number of aliphatic imine (C=N–C) groups is 1. The van der Waals surface area contributed by atoms with E-state index >= 15 is 0 Å². The van der Waals surface area contributed by atoms with Crippen molar-refractivity contribution in [3.05, 3.63) is 23.8 Å². The van der Waals surface area contributed by atoms with Crippen LogP contribution in [0.4, 0.5) is 0 Å². The lowest BCUT2D eigenvalue weighted by atomic mass is 9.75. The van der Waals surface area contributed by atoms with Gasteiger partial charge in [-0.3, -0.25) is 4.99 Å². The largest absolute Gasteiger partial charge is 0.493 e. The Morgan fingerprint density at radius 1 is 1.17 bits per heavy atom. The number of hydrogen-bond acceptors (Lipinski definition) is 5. The molecule has 1 aromatic carbocycles. The van der Waals surface area contributed by atoms with Crippen molar-refractivity contribution in [1.82, 2.24) is 10.6 Å². The zero-order valence-corrected chi connectivity index (χ0v) is 17.5. The Kier molecular flexibility index (Phi) is 8.66. The molecule has 0 fully saturated rings. The smallest absolute Gasteiger partial charge is 0.191 e. The quantitative estimate of drug-likeness (QED) is 0.630. The van der Waals surface area contributed by atoms with E-state index < -0.39 is 0 Å². The first-order chi connectivity index (χ1) is 11.2. The highest BCUT2D eigenvalue weighted by Gasteiger charge is 2.30. The summed E-state index contributed by atoms with van der Waals surface area (Å²) in [7, 11) is 3.35. The number of ether oxygens (including phenoxy) is 2. The predicted octanol–water partition coefficient (Wildman–Crippen LogP) is 3.32. The van der Waals surface area contributed by atoms with Crippen LogP contribution in [0.2, 0.25) is 0 Å². The molecule has 6 heteroatoms. The summed E-state index contributed by atoms with van der Waals surface area (Å²) in [5.74, 6) is 2.47. The summed E-state index contributed by atoms with van der Waals surface area (Å²) >= 11 is 0. The van der Waals surface area contributed by atoms with E-state index in [1.807, 2.05) is 6.07 Å². The number of nitrogens with zero attached hydrogens (tertiary/aromatic N) is 1. The first-order valence-corrected chi connectivity index (χ1v) is 8.43. The number of halogens is 1. The van der Waals surface area contributed by atoms with Gasteiger partial charge < -0.3 is 20.1 Å². The Labute approximate surface area is 162 Å². The normalized spacial score (nSPS) is 14.1. The van der Waals surface area contributed by atoms with E-state index in [1.54, 1.807) is 14.2 Å². The van der Waals surface area contributed by atoms with E-state index in [2.05, 4.69) is 41.6 Å². The molecule has 2 N–H and O–H groups in total. The molecule has 0 spiro atoms. The predicted molar refractivity (Wildman–Crippen MR) is 110 cm³/mol. The van der Waals surface area contributed by atoms with Crippen LogP contribution >= 0.6 is 24.0 Å². The van der Waals surface area contributed by atoms with Crippen molar-refractivity contribution in [2.45, 2.75) is 38.5 Å². The lowest BCUT2D eigenvalue weighted by molar-refractivity contribution is 0.348. The molecule has 1 aliphatic rings. The minimum atomic E-state index is 0. The summed E-state index contributed by atoms with van der Waals surface area (Å²) in [5.41, 5.74) is 1.31. The van der Waals surface area contributed by atoms with Gasteiger partial charge in [0.15, 0.2) is 17.5 Å². The van der Waals surface area contributed by atoms with E-state index in [-0.39, 0.29) is 29.4 Å². The average Bonchev–Trinajstić information content (AvgIpc) is 2.63. The molecule has 0 saturated heterocycles.